The Morgan fingerprint density at radius 3 is 2.41 bits per heavy atom. The summed E-state index contributed by atoms with van der Waals surface area (Å²) < 4.78 is 39.3. The van der Waals surface area contributed by atoms with Gasteiger partial charge in [-0.2, -0.15) is 13.2 Å². The Bertz CT molecular complexity index is 956. The van der Waals surface area contributed by atoms with Gasteiger partial charge in [0.05, 0.1) is 11.3 Å². The average molecular weight is 372 g/mol. The molecule has 0 fully saturated rings. The molecule has 0 spiro atoms. The fraction of sp³-hybridized carbons (Fsp3) is 0.105. The minimum absolute atomic E-state index is 0.0255. The molecule has 3 rings (SSSR count). The monoisotopic (exact) mass is 372 g/mol. The van der Waals surface area contributed by atoms with Crippen molar-refractivity contribution in [3.05, 3.63) is 77.6 Å². The third kappa shape index (κ3) is 4.60. The van der Waals surface area contributed by atoms with Gasteiger partial charge in [-0.1, -0.05) is 29.8 Å². The van der Waals surface area contributed by atoms with Gasteiger partial charge < -0.3 is 10.6 Å². The van der Waals surface area contributed by atoms with Crippen molar-refractivity contribution >= 4 is 23.2 Å². The number of nitrogens with zero attached hydrogens (tertiary/aromatic N) is 2. The van der Waals surface area contributed by atoms with Crippen LogP contribution in [0.15, 0.2) is 60.8 Å². The number of amides is 1. The van der Waals surface area contributed by atoms with E-state index in [-0.39, 0.29) is 17.3 Å². The number of halogens is 3. The highest BCUT2D eigenvalue weighted by atomic mass is 19.4. The van der Waals surface area contributed by atoms with Crippen LogP contribution in [0.1, 0.15) is 21.6 Å². The van der Waals surface area contributed by atoms with E-state index < -0.39 is 17.6 Å². The summed E-state index contributed by atoms with van der Waals surface area (Å²) in [5.74, 6) is -0.600. The molecule has 1 aromatic heterocycles. The molecule has 1 heterocycles. The summed E-state index contributed by atoms with van der Waals surface area (Å²) in [5.41, 5.74) is 0.618. The normalized spacial score (nSPS) is 11.1. The molecule has 0 aliphatic heterocycles. The molecule has 0 saturated heterocycles. The maximum atomic E-state index is 13.1. The summed E-state index contributed by atoms with van der Waals surface area (Å²) in [4.78, 5) is 20.2. The minimum Gasteiger partial charge on any atom is -0.324 e. The van der Waals surface area contributed by atoms with Gasteiger partial charge in [0.1, 0.15) is 5.69 Å². The first-order valence-electron chi connectivity index (χ1n) is 7.97. The number of para-hydroxylation sites is 1. The van der Waals surface area contributed by atoms with E-state index in [0.717, 1.165) is 11.6 Å². The van der Waals surface area contributed by atoms with Gasteiger partial charge in [0.15, 0.2) is 0 Å². The smallest absolute Gasteiger partial charge is 0.324 e. The van der Waals surface area contributed by atoms with Crippen molar-refractivity contribution in [1.29, 1.82) is 0 Å². The molecule has 0 radical (unpaired) electrons. The highest BCUT2D eigenvalue weighted by Crippen LogP contribution is 2.35. The van der Waals surface area contributed by atoms with Crippen molar-refractivity contribution in [2.45, 2.75) is 13.1 Å². The molecule has 27 heavy (non-hydrogen) atoms. The van der Waals surface area contributed by atoms with Crippen LogP contribution in [0.2, 0.25) is 0 Å². The van der Waals surface area contributed by atoms with Crippen LogP contribution in [0.4, 0.5) is 30.5 Å². The Morgan fingerprint density at radius 2 is 1.70 bits per heavy atom. The highest BCUT2D eigenvalue weighted by Gasteiger charge is 2.33. The summed E-state index contributed by atoms with van der Waals surface area (Å²) >= 11 is 0. The van der Waals surface area contributed by atoms with E-state index in [9.17, 15) is 18.0 Å². The summed E-state index contributed by atoms with van der Waals surface area (Å²) in [6.45, 7) is 1.92. The number of hydrogen-bond donors (Lipinski definition) is 2. The Labute approximate surface area is 153 Å². The summed E-state index contributed by atoms with van der Waals surface area (Å²) in [6, 6.07) is 13.5. The molecule has 0 atom stereocenters. The van der Waals surface area contributed by atoms with Crippen LogP contribution in [0.25, 0.3) is 0 Å². The lowest BCUT2D eigenvalue weighted by Gasteiger charge is -2.13. The number of hydrogen-bond acceptors (Lipinski definition) is 4. The van der Waals surface area contributed by atoms with E-state index in [0.29, 0.717) is 5.69 Å². The predicted molar refractivity (Wildman–Crippen MR) is 95.9 cm³/mol. The third-order valence-electron chi connectivity index (χ3n) is 3.68. The molecule has 2 N–H and O–H groups in total. The number of alkyl halides is 3. The summed E-state index contributed by atoms with van der Waals surface area (Å²) in [7, 11) is 0. The fourth-order valence-electron chi connectivity index (χ4n) is 2.34. The molecule has 1 amide bonds. The van der Waals surface area contributed by atoms with Crippen molar-refractivity contribution < 1.29 is 18.0 Å². The zero-order valence-corrected chi connectivity index (χ0v) is 14.2. The van der Waals surface area contributed by atoms with Crippen LogP contribution in [0, 0.1) is 6.92 Å². The number of aryl methyl sites for hydroxylation is 1. The van der Waals surface area contributed by atoms with Crippen molar-refractivity contribution in [2.24, 2.45) is 0 Å². The van der Waals surface area contributed by atoms with Crippen LogP contribution in [-0.2, 0) is 6.18 Å². The Hall–Kier alpha value is -3.42. The molecule has 0 aliphatic carbocycles. The van der Waals surface area contributed by atoms with E-state index in [1.165, 1.54) is 30.5 Å². The lowest BCUT2D eigenvalue weighted by Crippen LogP contribution is -2.15. The van der Waals surface area contributed by atoms with Crippen LogP contribution in [0.5, 0.6) is 0 Å². The van der Waals surface area contributed by atoms with Gasteiger partial charge in [0.2, 0.25) is 5.95 Å². The quantitative estimate of drug-likeness (QED) is 0.690. The molecule has 138 valence electrons. The van der Waals surface area contributed by atoms with E-state index in [1.807, 2.05) is 19.1 Å². The van der Waals surface area contributed by atoms with Gasteiger partial charge in [-0.05, 0) is 37.3 Å². The van der Waals surface area contributed by atoms with E-state index in [2.05, 4.69) is 20.6 Å². The van der Waals surface area contributed by atoms with Gasteiger partial charge >= 0.3 is 6.18 Å². The van der Waals surface area contributed by atoms with E-state index in [4.69, 9.17) is 0 Å². The Morgan fingerprint density at radius 1 is 1.00 bits per heavy atom. The summed E-state index contributed by atoms with van der Waals surface area (Å²) in [5, 5.41) is 5.20. The van der Waals surface area contributed by atoms with Crippen LogP contribution in [0.3, 0.4) is 0 Å². The largest absolute Gasteiger partial charge is 0.418 e. The van der Waals surface area contributed by atoms with Crippen molar-refractivity contribution in [2.75, 3.05) is 10.6 Å². The second-order valence-electron chi connectivity index (χ2n) is 5.75. The highest BCUT2D eigenvalue weighted by molar-refractivity contribution is 6.03. The summed E-state index contributed by atoms with van der Waals surface area (Å²) in [6.07, 6.45) is -3.22. The molecule has 0 unspecified atom stereocenters. The van der Waals surface area contributed by atoms with Gasteiger partial charge in [0, 0.05) is 11.9 Å². The zero-order valence-electron chi connectivity index (χ0n) is 14.2. The van der Waals surface area contributed by atoms with Gasteiger partial charge in [-0.3, -0.25) is 4.79 Å². The first kappa shape index (κ1) is 18.4. The molecule has 2 aromatic carbocycles. The molecule has 0 bridgehead atoms. The second kappa shape index (κ2) is 7.45. The van der Waals surface area contributed by atoms with Gasteiger partial charge in [0.25, 0.3) is 5.91 Å². The lowest BCUT2D eigenvalue weighted by atomic mass is 10.1. The Balaban J connectivity index is 1.80. The minimum atomic E-state index is -4.52. The maximum Gasteiger partial charge on any atom is 0.418 e. The SMILES string of the molecule is Cc1ccc(NC(=O)c2ccnc(Nc3ccccc3C(F)(F)F)n2)cc1. The number of benzene rings is 2. The number of rotatable bonds is 4. The zero-order chi connectivity index (χ0) is 19.4. The molecular formula is C19H15F3N4O. The first-order chi connectivity index (χ1) is 12.8. The van der Waals surface area contributed by atoms with E-state index in [1.54, 1.807) is 12.1 Å². The standard InChI is InChI=1S/C19H15F3N4O/c1-12-6-8-13(9-7-12)24-17(27)16-10-11-23-18(26-16)25-15-5-3-2-4-14(15)19(20,21)22/h2-11H,1H3,(H,24,27)(H,23,25,26). The van der Waals surface area contributed by atoms with Crippen molar-refractivity contribution in [1.82, 2.24) is 9.97 Å². The van der Waals surface area contributed by atoms with Crippen molar-refractivity contribution in [3.63, 3.8) is 0 Å². The molecule has 0 aliphatic rings. The molecule has 0 saturated carbocycles. The average Bonchev–Trinajstić information content (AvgIpc) is 2.63. The molecule has 8 heteroatoms. The molecule has 5 nitrogen and oxygen atoms in total. The first-order valence-corrected chi connectivity index (χ1v) is 7.97. The number of anilines is 3. The lowest BCUT2D eigenvalue weighted by molar-refractivity contribution is -0.136. The van der Waals surface area contributed by atoms with E-state index >= 15 is 0 Å². The van der Waals surface area contributed by atoms with Crippen LogP contribution in [-0.4, -0.2) is 15.9 Å². The van der Waals surface area contributed by atoms with Crippen LogP contribution < -0.4 is 10.6 Å². The fourth-order valence-corrected chi connectivity index (χ4v) is 2.34. The van der Waals surface area contributed by atoms with Gasteiger partial charge in [-0.15, -0.1) is 0 Å². The maximum absolute atomic E-state index is 13.1. The number of carbonyl (C=O) groups is 1. The molecular weight excluding hydrogens is 357 g/mol. The number of nitrogens with one attached hydrogen (secondary N) is 2. The predicted octanol–water partition coefficient (Wildman–Crippen LogP) is 4.80. The van der Waals surface area contributed by atoms with Crippen LogP contribution >= 0.6 is 0 Å². The van der Waals surface area contributed by atoms with Gasteiger partial charge in [-0.25, -0.2) is 9.97 Å². The Kier molecular flexibility index (Phi) is 5.07. The topological polar surface area (TPSA) is 66.9 Å². The molecule has 3 aromatic rings. The second-order valence-corrected chi connectivity index (χ2v) is 5.75. The number of aromatic nitrogens is 2. The van der Waals surface area contributed by atoms with Crippen molar-refractivity contribution in [3.8, 4) is 0 Å². The number of carbonyl (C=O) groups excluding carboxylic acids is 1. The third-order valence-corrected chi connectivity index (χ3v) is 3.68.